The van der Waals surface area contributed by atoms with Crippen molar-refractivity contribution < 1.29 is 15.3 Å². The number of unbranched alkanes of at least 4 members (excludes halogenated alkanes) is 22. The second-order valence-corrected chi connectivity index (χ2v) is 14.9. The molecule has 5 N–H and O–H groups in total. The second-order valence-electron chi connectivity index (χ2n) is 14.9. The number of nitrogens with zero attached hydrogens (tertiary/aromatic N) is 1. The molecule has 3 atom stereocenters. The molecule has 0 spiro atoms. The molecule has 6 nitrogen and oxygen atoms in total. The Kier molecular flexibility index (Phi) is 38.4. The largest absolute Gasteiger partial charge is 0.392 e. The van der Waals surface area contributed by atoms with Crippen molar-refractivity contribution in [2.75, 3.05) is 45.8 Å². The summed E-state index contributed by atoms with van der Waals surface area (Å²) < 4.78 is 0. The lowest BCUT2D eigenvalue weighted by Crippen LogP contribution is -2.38. The zero-order valence-electron chi connectivity index (χ0n) is 32.3. The molecular formula is C41H87N3O3. The van der Waals surface area contributed by atoms with Crippen molar-refractivity contribution in [2.24, 2.45) is 0 Å². The average Bonchev–Trinajstić information content (AvgIpc) is 3.04. The van der Waals surface area contributed by atoms with Crippen LogP contribution >= 0.6 is 0 Å². The quantitative estimate of drug-likeness (QED) is 0.0418. The van der Waals surface area contributed by atoms with E-state index in [2.05, 4.69) is 29.4 Å². The standard InChI is InChI=1S/C41H87N3O3/c1-4-6-8-10-12-14-16-18-20-24-30-40(46)37-44(38-41(47)31-25-21-19-17-15-13-11-9-7-5-2)35-29-23-28-33-42-32-26-22-27-34-43-36-39(3)45/h39-43,45-47H,4-38H2,1-3H3. The van der Waals surface area contributed by atoms with E-state index in [4.69, 9.17) is 0 Å². The maximum Gasteiger partial charge on any atom is 0.0667 e. The lowest BCUT2D eigenvalue weighted by molar-refractivity contribution is 0.0596. The Hall–Kier alpha value is -0.240. The predicted octanol–water partition coefficient (Wildman–Crippen LogP) is 9.53. The third-order valence-corrected chi connectivity index (χ3v) is 9.69. The summed E-state index contributed by atoms with van der Waals surface area (Å²) in [6, 6.07) is 0. The lowest BCUT2D eigenvalue weighted by Gasteiger charge is -2.27. The fraction of sp³-hybridized carbons (Fsp3) is 1.00. The molecule has 0 saturated heterocycles. The number of nitrogens with one attached hydrogen (secondary N) is 2. The molecule has 47 heavy (non-hydrogen) atoms. The highest BCUT2D eigenvalue weighted by atomic mass is 16.3. The molecule has 0 aliphatic carbocycles. The van der Waals surface area contributed by atoms with Crippen molar-refractivity contribution in [3.63, 3.8) is 0 Å². The first kappa shape index (κ1) is 46.8. The predicted molar refractivity (Wildman–Crippen MR) is 206 cm³/mol. The first-order chi connectivity index (χ1) is 23.0. The van der Waals surface area contributed by atoms with E-state index < -0.39 is 0 Å². The van der Waals surface area contributed by atoms with Crippen LogP contribution in [0.4, 0.5) is 0 Å². The smallest absolute Gasteiger partial charge is 0.0667 e. The summed E-state index contributed by atoms with van der Waals surface area (Å²) in [5, 5.41) is 38.0. The summed E-state index contributed by atoms with van der Waals surface area (Å²) >= 11 is 0. The molecule has 0 aromatic carbocycles. The number of aliphatic hydroxyl groups is 3. The van der Waals surface area contributed by atoms with Gasteiger partial charge in [-0.3, -0.25) is 4.90 Å². The Morgan fingerprint density at radius 1 is 0.426 bits per heavy atom. The molecule has 0 saturated carbocycles. The van der Waals surface area contributed by atoms with Gasteiger partial charge in [0, 0.05) is 19.6 Å². The second kappa shape index (κ2) is 38.6. The molecule has 0 aromatic heterocycles. The minimum atomic E-state index is -0.280. The third-order valence-electron chi connectivity index (χ3n) is 9.69. The molecule has 284 valence electrons. The zero-order valence-corrected chi connectivity index (χ0v) is 32.3. The fourth-order valence-electron chi connectivity index (χ4n) is 6.65. The van der Waals surface area contributed by atoms with Gasteiger partial charge >= 0.3 is 0 Å². The molecule has 0 amide bonds. The Balaban J connectivity index is 4.19. The highest BCUT2D eigenvalue weighted by molar-refractivity contribution is 4.70. The monoisotopic (exact) mass is 670 g/mol. The van der Waals surface area contributed by atoms with Crippen molar-refractivity contribution in [2.45, 2.75) is 219 Å². The van der Waals surface area contributed by atoms with Gasteiger partial charge in [0.25, 0.3) is 0 Å². The van der Waals surface area contributed by atoms with E-state index in [9.17, 15) is 15.3 Å². The molecule has 0 aliphatic rings. The van der Waals surface area contributed by atoms with E-state index in [1.165, 1.54) is 148 Å². The van der Waals surface area contributed by atoms with Gasteiger partial charge in [0.1, 0.15) is 0 Å². The van der Waals surface area contributed by atoms with Gasteiger partial charge in [-0.15, -0.1) is 0 Å². The minimum absolute atomic E-state index is 0.261. The number of hydrogen-bond acceptors (Lipinski definition) is 6. The summed E-state index contributed by atoms with van der Waals surface area (Å²) in [7, 11) is 0. The molecule has 0 aliphatic heterocycles. The van der Waals surface area contributed by atoms with Gasteiger partial charge < -0.3 is 26.0 Å². The van der Waals surface area contributed by atoms with Gasteiger partial charge in [-0.25, -0.2) is 0 Å². The van der Waals surface area contributed by atoms with Crippen LogP contribution in [0.25, 0.3) is 0 Å². The van der Waals surface area contributed by atoms with E-state index in [1.807, 2.05) is 6.92 Å². The Morgan fingerprint density at radius 3 is 1.17 bits per heavy atom. The molecule has 0 bridgehead atoms. The Bertz CT molecular complexity index is 548. The first-order valence-electron chi connectivity index (χ1n) is 21.2. The van der Waals surface area contributed by atoms with E-state index in [0.717, 1.165) is 58.3 Å². The maximum absolute atomic E-state index is 10.9. The maximum atomic E-state index is 10.9. The number of aliphatic hydroxyl groups excluding tert-OH is 3. The van der Waals surface area contributed by atoms with E-state index >= 15 is 0 Å². The normalized spacial score (nSPS) is 13.9. The van der Waals surface area contributed by atoms with Crippen LogP contribution in [0.15, 0.2) is 0 Å². The van der Waals surface area contributed by atoms with Crippen LogP contribution in [0.2, 0.25) is 0 Å². The molecule has 3 unspecified atom stereocenters. The average molecular weight is 670 g/mol. The first-order valence-corrected chi connectivity index (χ1v) is 21.2. The molecule has 0 rings (SSSR count). The Labute approximate surface area is 295 Å². The topological polar surface area (TPSA) is 88.0 Å². The van der Waals surface area contributed by atoms with Crippen LogP contribution in [-0.2, 0) is 0 Å². The van der Waals surface area contributed by atoms with Crippen molar-refractivity contribution >= 4 is 0 Å². The van der Waals surface area contributed by atoms with Gasteiger partial charge in [0.05, 0.1) is 18.3 Å². The van der Waals surface area contributed by atoms with E-state index in [1.54, 1.807) is 0 Å². The highest BCUT2D eigenvalue weighted by Crippen LogP contribution is 2.15. The van der Waals surface area contributed by atoms with Crippen LogP contribution in [0.3, 0.4) is 0 Å². The minimum Gasteiger partial charge on any atom is -0.392 e. The van der Waals surface area contributed by atoms with Gasteiger partial charge in [0.2, 0.25) is 0 Å². The van der Waals surface area contributed by atoms with Crippen LogP contribution < -0.4 is 10.6 Å². The third kappa shape index (κ3) is 38.4. The summed E-state index contributed by atoms with van der Waals surface area (Å²) in [4.78, 5) is 2.36. The molecule has 6 heteroatoms. The highest BCUT2D eigenvalue weighted by Gasteiger charge is 2.16. The Morgan fingerprint density at radius 2 is 0.766 bits per heavy atom. The van der Waals surface area contributed by atoms with Crippen LogP contribution in [-0.4, -0.2) is 84.3 Å². The summed E-state index contributed by atoms with van der Waals surface area (Å²) in [5.74, 6) is 0. The van der Waals surface area contributed by atoms with Crippen molar-refractivity contribution in [3.8, 4) is 0 Å². The van der Waals surface area contributed by atoms with Gasteiger partial charge in [0.15, 0.2) is 0 Å². The van der Waals surface area contributed by atoms with Crippen molar-refractivity contribution in [3.05, 3.63) is 0 Å². The summed E-state index contributed by atoms with van der Waals surface area (Å²) in [6.07, 6.45) is 34.6. The van der Waals surface area contributed by atoms with Gasteiger partial charge in [-0.1, -0.05) is 155 Å². The van der Waals surface area contributed by atoms with Crippen LogP contribution in [0.1, 0.15) is 201 Å². The summed E-state index contributed by atoms with van der Waals surface area (Å²) in [6.45, 7) is 12.6. The molecule has 0 aromatic rings. The van der Waals surface area contributed by atoms with Crippen LogP contribution in [0.5, 0.6) is 0 Å². The molecule has 0 fully saturated rings. The zero-order chi connectivity index (χ0) is 34.5. The van der Waals surface area contributed by atoms with Crippen LogP contribution in [0, 0.1) is 0 Å². The van der Waals surface area contributed by atoms with E-state index in [-0.39, 0.29) is 18.3 Å². The summed E-state index contributed by atoms with van der Waals surface area (Å²) in [5.41, 5.74) is 0. The number of rotatable bonds is 40. The fourth-order valence-corrected chi connectivity index (χ4v) is 6.65. The van der Waals surface area contributed by atoms with Crippen molar-refractivity contribution in [1.82, 2.24) is 15.5 Å². The molecule has 0 radical (unpaired) electrons. The number of hydrogen-bond donors (Lipinski definition) is 5. The van der Waals surface area contributed by atoms with Crippen molar-refractivity contribution in [1.29, 1.82) is 0 Å². The van der Waals surface area contributed by atoms with E-state index in [0.29, 0.717) is 19.6 Å². The van der Waals surface area contributed by atoms with Gasteiger partial charge in [-0.05, 0) is 71.6 Å². The molecular weight excluding hydrogens is 582 g/mol. The molecule has 0 heterocycles. The van der Waals surface area contributed by atoms with Gasteiger partial charge in [-0.2, -0.15) is 0 Å². The SMILES string of the molecule is CCCCCCCCCCCCC(O)CN(CCCCCNCCCCCNCC(C)O)CC(O)CCCCCCCCCCCC. The lowest BCUT2D eigenvalue weighted by atomic mass is 10.0.